The molecule has 108 valence electrons. The van der Waals surface area contributed by atoms with E-state index in [2.05, 4.69) is 0 Å². The van der Waals surface area contributed by atoms with Crippen molar-refractivity contribution in [3.63, 3.8) is 0 Å². The van der Waals surface area contributed by atoms with Crippen molar-refractivity contribution >= 4 is 12.0 Å². The fourth-order valence-electron chi connectivity index (χ4n) is 2.07. The van der Waals surface area contributed by atoms with Gasteiger partial charge in [-0.15, -0.1) is 0 Å². The van der Waals surface area contributed by atoms with Crippen LogP contribution in [0.2, 0.25) is 0 Å². The molecule has 1 N–H and O–H groups in total. The van der Waals surface area contributed by atoms with Crippen LogP contribution in [0.1, 0.15) is 34.0 Å². The molecule has 0 amide bonds. The summed E-state index contributed by atoms with van der Waals surface area (Å²) < 4.78 is 4.75. The number of rotatable bonds is 5. The molecule has 0 aliphatic heterocycles. The minimum atomic E-state index is -0.548. The zero-order valence-electron chi connectivity index (χ0n) is 11.9. The molecule has 3 nitrogen and oxygen atoms in total. The summed E-state index contributed by atoms with van der Waals surface area (Å²) in [6, 6.07) is 16.7. The van der Waals surface area contributed by atoms with Crippen molar-refractivity contribution in [3.8, 4) is 0 Å². The van der Waals surface area contributed by atoms with Crippen LogP contribution in [0.5, 0.6) is 0 Å². The van der Waals surface area contributed by atoms with Gasteiger partial charge in [-0.1, -0.05) is 60.7 Å². The van der Waals surface area contributed by atoms with Crippen LogP contribution in [-0.4, -0.2) is 18.2 Å². The van der Waals surface area contributed by atoms with Crippen molar-refractivity contribution in [3.05, 3.63) is 77.4 Å². The normalized spacial score (nSPS) is 12.3. The van der Waals surface area contributed by atoms with Crippen molar-refractivity contribution in [2.24, 2.45) is 0 Å². The number of aliphatic hydroxyl groups excluding tert-OH is 1. The van der Waals surface area contributed by atoms with Crippen LogP contribution >= 0.6 is 0 Å². The van der Waals surface area contributed by atoms with Crippen LogP contribution in [-0.2, 0) is 4.74 Å². The Balaban J connectivity index is 2.07. The smallest absolute Gasteiger partial charge is 0.338 e. The van der Waals surface area contributed by atoms with E-state index in [0.29, 0.717) is 12.0 Å². The highest BCUT2D eigenvalue weighted by molar-refractivity contribution is 5.93. The topological polar surface area (TPSA) is 46.5 Å². The summed E-state index contributed by atoms with van der Waals surface area (Å²) in [6.45, 7) is 0. The fourth-order valence-corrected chi connectivity index (χ4v) is 2.07. The monoisotopic (exact) mass is 282 g/mol. The van der Waals surface area contributed by atoms with Gasteiger partial charge in [0.1, 0.15) is 0 Å². The molecular weight excluding hydrogens is 264 g/mol. The van der Waals surface area contributed by atoms with Crippen LogP contribution in [0.4, 0.5) is 0 Å². The minimum Gasteiger partial charge on any atom is -0.465 e. The van der Waals surface area contributed by atoms with Crippen molar-refractivity contribution in [2.45, 2.75) is 12.5 Å². The zero-order valence-corrected chi connectivity index (χ0v) is 11.9. The van der Waals surface area contributed by atoms with E-state index in [1.54, 1.807) is 12.1 Å². The highest BCUT2D eigenvalue weighted by Crippen LogP contribution is 2.18. The SMILES string of the molecule is COC(=O)c1ccccc1/C=C\CC(O)c1ccccc1. The molecule has 1 unspecified atom stereocenters. The molecule has 0 heterocycles. The summed E-state index contributed by atoms with van der Waals surface area (Å²) in [6.07, 6.45) is 3.63. The van der Waals surface area contributed by atoms with Gasteiger partial charge in [-0.05, 0) is 23.6 Å². The van der Waals surface area contributed by atoms with Gasteiger partial charge in [-0.2, -0.15) is 0 Å². The molecule has 0 saturated carbocycles. The maximum atomic E-state index is 11.6. The average Bonchev–Trinajstić information content (AvgIpc) is 2.55. The highest BCUT2D eigenvalue weighted by atomic mass is 16.5. The Kier molecular flexibility index (Phi) is 5.29. The largest absolute Gasteiger partial charge is 0.465 e. The lowest BCUT2D eigenvalue weighted by atomic mass is 10.0. The highest BCUT2D eigenvalue weighted by Gasteiger charge is 2.09. The van der Waals surface area contributed by atoms with Gasteiger partial charge in [-0.25, -0.2) is 4.79 Å². The third-order valence-electron chi connectivity index (χ3n) is 3.21. The number of aliphatic hydroxyl groups is 1. The van der Waals surface area contributed by atoms with Crippen molar-refractivity contribution in [2.75, 3.05) is 7.11 Å². The van der Waals surface area contributed by atoms with Crippen LogP contribution in [0.15, 0.2) is 60.7 Å². The van der Waals surface area contributed by atoms with Gasteiger partial charge in [0.25, 0.3) is 0 Å². The predicted molar refractivity (Wildman–Crippen MR) is 82.8 cm³/mol. The standard InChI is InChI=1S/C18H18O3/c1-21-18(20)16-12-6-5-8-14(16)11-7-13-17(19)15-9-3-2-4-10-15/h2-12,17,19H,13H2,1H3/b11-7-. The van der Waals surface area contributed by atoms with Gasteiger partial charge in [0.05, 0.1) is 18.8 Å². The van der Waals surface area contributed by atoms with Gasteiger partial charge < -0.3 is 9.84 Å². The van der Waals surface area contributed by atoms with Gasteiger partial charge in [0.15, 0.2) is 0 Å². The molecule has 21 heavy (non-hydrogen) atoms. The fraction of sp³-hybridized carbons (Fsp3) is 0.167. The minimum absolute atomic E-state index is 0.362. The van der Waals surface area contributed by atoms with E-state index in [9.17, 15) is 9.90 Å². The first-order chi connectivity index (χ1) is 10.2. The number of hydrogen-bond donors (Lipinski definition) is 1. The number of carbonyl (C=O) groups is 1. The van der Waals surface area contributed by atoms with E-state index >= 15 is 0 Å². The third-order valence-corrected chi connectivity index (χ3v) is 3.21. The Labute approximate surface area is 124 Å². The number of benzene rings is 2. The van der Waals surface area contributed by atoms with E-state index in [4.69, 9.17) is 4.74 Å². The van der Waals surface area contributed by atoms with Crippen molar-refractivity contribution in [1.82, 2.24) is 0 Å². The van der Waals surface area contributed by atoms with Crippen LogP contribution in [0.3, 0.4) is 0 Å². The van der Waals surface area contributed by atoms with Crippen LogP contribution in [0.25, 0.3) is 6.08 Å². The molecule has 2 aromatic carbocycles. The molecule has 2 rings (SSSR count). The van der Waals surface area contributed by atoms with Gasteiger partial charge in [-0.3, -0.25) is 0 Å². The maximum absolute atomic E-state index is 11.6. The molecule has 3 heteroatoms. The quantitative estimate of drug-likeness (QED) is 0.852. The molecule has 2 aromatic rings. The first-order valence-corrected chi connectivity index (χ1v) is 6.79. The molecule has 0 aliphatic rings. The number of esters is 1. The third kappa shape index (κ3) is 4.04. The van der Waals surface area contributed by atoms with Crippen molar-refractivity contribution in [1.29, 1.82) is 0 Å². The average molecular weight is 282 g/mol. The van der Waals surface area contributed by atoms with Crippen LogP contribution < -0.4 is 0 Å². The summed E-state index contributed by atoms with van der Waals surface area (Å²) in [4.78, 5) is 11.6. The second-order valence-electron chi connectivity index (χ2n) is 4.64. The molecule has 0 aliphatic carbocycles. The number of carbonyl (C=O) groups excluding carboxylic acids is 1. The second-order valence-corrected chi connectivity index (χ2v) is 4.64. The first kappa shape index (κ1) is 15.0. The molecule has 0 saturated heterocycles. The lowest BCUT2D eigenvalue weighted by Crippen LogP contribution is -2.03. The first-order valence-electron chi connectivity index (χ1n) is 6.79. The van der Waals surface area contributed by atoms with Gasteiger partial charge in [0, 0.05) is 0 Å². The van der Waals surface area contributed by atoms with Gasteiger partial charge in [0.2, 0.25) is 0 Å². The Morgan fingerprint density at radius 2 is 1.81 bits per heavy atom. The summed E-state index contributed by atoms with van der Waals surface area (Å²) in [5.41, 5.74) is 2.18. The van der Waals surface area contributed by atoms with Gasteiger partial charge >= 0.3 is 5.97 Å². The molecule has 0 spiro atoms. The molecule has 0 radical (unpaired) electrons. The maximum Gasteiger partial charge on any atom is 0.338 e. The number of hydrogen-bond acceptors (Lipinski definition) is 3. The molecule has 0 aromatic heterocycles. The summed E-state index contributed by atoms with van der Waals surface area (Å²) in [7, 11) is 1.36. The number of methoxy groups -OCH3 is 1. The zero-order chi connectivity index (χ0) is 15.1. The Morgan fingerprint density at radius 3 is 2.52 bits per heavy atom. The van der Waals surface area contributed by atoms with E-state index in [-0.39, 0.29) is 5.97 Å². The van der Waals surface area contributed by atoms with E-state index in [0.717, 1.165) is 11.1 Å². The Morgan fingerprint density at radius 1 is 1.14 bits per heavy atom. The molecule has 0 bridgehead atoms. The van der Waals surface area contributed by atoms with E-state index < -0.39 is 6.10 Å². The number of ether oxygens (including phenoxy) is 1. The van der Waals surface area contributed by atoms with Crippen LogP contribution in [0, 0.1) is 0 Å². The Hall–Kier alpha value is -2.39. The lowest BCUT2D eigenvalue weighted by Gasteiger charge is -2.08. The molecule has 0 fully saturated rings. The van der Waals surface area contributed by atoms with E-state index in [1.807, 2.05) is 54.6 Å². The summed E-state index contributed by atoms with van der Waals surface area (Å²) in [5, 5.41) is 10.1. The summed E-state index contributed by atoms with van der Waals surface area (Å²) >= 11 is 0. The second kappa shape index (κ2) is 7.41. The van der Waals surface area contributed by atoms with Crippen molar-refractivity contribution < 1.29 is 14.6 Å². The molecule has 1 atom stereocenters. The summed E-state index contributed by atoms with van der Waals surface area (Å²) in [5.74, 6) is -0.362. The predicted octanol–water partition coefficient (Wildman–Crippen LogP) is 3.61. The van der Waals surface area contributed by atoms with E-state index in [1.165, 1.54) is 7.11 Å². The lowest BCUT2D eigenvalue weighted by molar-refractivity contribution is 0.0600. The molecular formula is C18H18O3. The Bertz CT molecular complexity index is 617.